The number of nitrogens with zero attached hydrogens (tertiary/aromatic N) is 2. The van der Waals surface area contributed by atoms with Crippen molar-refractivity contribution in [1.29, 1.82) is 0 Å². The smallest absolute Gasteiger partial charge is 0.311 e. The van der Waals surface area contributed by atoms with Gasteiger partial charge < -0.3 is 10.2 Å². The highest BCUT2D eigenvalue weighted by Gasteiger charge is 2.24. The second kappa shape index (κ2) is 13.8. The van der Waals surface area contributed by atoms with Gasteiger partial charge in [-0.1, -0.05) is 97.1 Å². The van der Waals surface area contributed by atoms with Crippen LogP contribution in [-0.4, -0.2) is 33.3 Å². The molecule has 1 amide bonds. The number of fused-ring (bicyclic) bond motifs is 2. The van der Waals surface area contributed by atoms with Crippen molar-refractivity contribution in [2.45, 2.75) is 44.3 Å². The molecule has 0 aromatic heterocycles. The third kappa shape index (κ3) is 8.34. The summed E-state index contributed by atoms with van der Waals surface area (Å²) < 4.78 is 26.0. The SMILES string of the molecule is CN(C)Cc1ccc2c(c1)CCCC2NC(=O)CC(N=S(=O)=O)c1ccccc1.c1ccc2ccccc2c1. The molecule has 0 bridgehead atoms. The van der Waals surface area contributed by atoms with E-state index in [0.29, 0.717) is 5.56 Å². The van der Waals surface area contributed by atoms with Gasteiger partial charge in [0.05, 0.1) is 12.5 Å². The lowest BCUT2D eigenvalue weighted by Crippen LogP contribution is -2.31. The number of aryl methyl sites for hydroxylation is 1. The summed E-state index contributed by atoms with van der Waals surface area (Å²) in [4.78, 5) is 14.9. The largest absolute Gasteiger partial charge is 0.349 e. The molecule has 0 saturated heterocycles. The lowest BCUT2D eigenvalue weighted by molar-refractivity contribution is -0.122. The molecule has 0 radical (unpaired) electrons. The van der Waals surface area contributed by atoms with Crippen LogP contribution in [0.2, 0.25) is 0 Å². The van der Waals surface area contributed by atoms with E-state index in [1.807, 2.05) is 32.3 Å². The zero-order valence-electron chi connectivity index (χ0n) is 22.5. The second-order valence-electron chi connectivity index (χ2n) is 10.1. The Morgan fingerprint density at radius 2 is 1.54 bits per heavy atom. The predicted molar refractivity (Wildman–Crippen MR) is 157 cm³/mol. The fourth-order valence-corrected chi connectivity index (χ4v) is 5.44. The minimum atomic E-state index is -2.57. The van der Waals surface area contributed by atoms with Gasteiger partial charge in [0.2, 0.25) is 5.91 Å². The van der Waals surface area contributed by atoms with Crippen molar-refractivity contribution < 1.29 is 13.2 Å². The molecule has 4 aromatic rings. The standard InChI is InChI=1S/C22H27N3O3S.C10H8/c1-25(2)15-16-11-12-19-18(13-16)9-6-10-20(19)23-22(26)14-21(24-29(27)28)17-7-4-3-5-8-17;1-2-6-10-8-4-3-7-9(10)5-1/h3-5,7-8,11-13,20-21H,6,9-10,14-15H2,1-2H3,(H,23,26);1-8H. The number of carbonyl (C=O) groups is 1. The Kier molecular flexibility index (Phi) is 10.00. The molecule has 2 unspecified atom stereocenters. The van der Waals surface area contributed by atoms with Gasteiger partial charge >= 0.3 is 10.5 Å². The monoisotopic (exact) mass is 541 g/mol. The average Bonchev–Trinajstić information content (AvgIpc) is 2.93. The van der Waals surface area contributed by atoms with Crippen molar-refractivity contribution >= 4 is 27.2 Å². The number of amides is 1. The van der Waals surface area contributed by atoms with Crippen LogP contribution in [0.15, 0.2) is 101 Å². The molecule has 6 nitrogen and oxygen atoms in total. The van der Waals surface area contributed by atoms with Gasteiger partial charge in [-0.25, -0.2) is 0 Å². The maximum absolute atomic E-state index is 12.7. The Morgan fingerprint density at radius 3 is 2.13 bits per heavy atom. The molecule has 202 valence electrons. The molecule has 39 heavy (non-hydrogen) atoms. The van der Waals surface area contributed by atoms with E-state index in [0.717, 1.165) is 31.4 Å². The third-order valence-corrected chi connectivity index (χ3v) is 7.22. The van der Waals surface area contributed by atoms with E-state index >= 15 is 0 Å². The summed E-state index contributed by atoms with van der Waals surface area (Å²) in [6, 6.07) is 31.5. The molecule has 0 spiro atoms. The first kappa shape index (κ1) is 28.2. The molecule has 5 rings (SSSR count). The van der Waals surface area contributed by atoms with Gasteiger partial charge in [0, 0.05) is 6.54 Å². The van der Waals surface area contributed by atoms with Crippen molar-refractivity contribution in [2.75, 3.05) is 14.1 Å². The number of hydrogen-bond donors (Lipinski definition) is 1. The molecule has 0 fully saturated rings. The van der Waals surface area contributed by atoms with Crippen molar-refractivity contribution in [3.05, 3.63) is 119 Å². The van der Waals surface area contributed by atoms with Crippen LogP contribution in [0.25, 0.3) is 10.8 Å². The van der Waals surface area contributed by atoms with E-state index in [-0.39, 0.29) is 18.4 Å². The normalized spacial score (nSPS) is 15.0. The maximum Gasteiger partial charge on any atom is 0.311 e. The lowest BCUT2D eigenvalue weighted by Gasteiger charge is -2.27. The summed E-state index contributed by atoms with van der Waals surface area (Å²) in [5, 5.41) is 5.72. The summed E-state index contributed by atoms with van der Waals surface area (Å²) in [7, 11) is 1.52. The maximum atomic E-state index is 12.7. The van der Waals surface area contributed by atoms with Crippen LogP contribution in [0, 0.1) is 0 Å². The van der Waals surface area contributed by atoms with E-state index in [2.05, 4.69) is 81.3 Å². The number of carbonyl (C=O) groups excluding carboxylic acids is 1. The van der Waals surface area contributed by atoms with Crippen LogP contribution in [0.5, 0.6) is 0 Å². The number of nitrogens with one attached hydrogen (secondary N) is 1. The Hall–Kier alpha value is -3.81. The van der Waals surface area contributed by atoms with Gasteiger partial charge in [-0.15, -0.1) is 0 Å². The first-order valence-corrected chi connectivity index (χ1v) is 14.3. The first-order valence-electron chi connectivity index (χ1n) is 13.2. The highest BCUT2D eigenvalue weighted by molar-refractivity contribution is 7.61. The minimum Gasteiger partial charge on any atom is -0.349 e. The summed E-state index contributed by atoms with van der Waals surface area (Å²) in [6.45, 7) is 0.886. The Balaban J connectivity index is 0.000000292. The van der Waals surface area contributed by atoms with Crippen molar-refractivity contribution in [2.24, 2.45) is 4.36 Å². The van der Waals surface area contributed by atoms with Gasteiger partial charge in [-0.3, -0.25) is 4.79 Å². The van der Waals surface area contributed by atoms with Crippen LogP contribution in [0.4, 0.5) is 0 Å². The van der Waals surface area contributed by atoms with E-state index in [4.69, 9.17) is 0 Å². The Labute approximate surface area is 232 Å². The Bertz CT molecular complexity index is 1460. The van der Waals surface area contributed by atoms with Crippen LogP contribution < -0.4 is 5.32 Å². The minimum absolute atomic E-state index is 0.00252. The number of benzene rings is 4. The molecule has 7 heteroatoms. The molecule has 1 aliphatic rings. The molecular weight excluding hydrogens is 506 g/mol. The summed E-state index contributed by atoms with van der Waals surface area (Å²) in [6.07, 6.45) is 2.91. The number of hydrogen-bond acceptors (Lipinski definition) is 5. The van der Waals surface area contributed by atoms with Crippen molar-refractivity contribution in [1.82, 2.24) is 10.2 Å². The van der Waals surface area contributed by atoms with Gasteiger partial charge in [0.25, 0.3) is 0 Å². The van der Waals surface area contributed by atoms with Crippen LogP contribution in [0.1, 0.15) is 53.6 Å². The molecule has 4 aromatic carbocycles. The Morgan fingerprint density at radius 1 is 0.923 bits per heavy atom. The summed E-state index contributed by atoms with van der Waals surface area (Å²) in [5.41, 5.74) is 4.42. The van der Waals surface area contributed by atoms with Gasteiger partial charge in [-0.2, -0.15) is 12.8 Å². The third-order valence-electron chi connectivity index (χ3n) is 6.79. The zero-order chi connectivity index (χ0) is 27.6. The molecule has 0 saturated carbocycles. The van der Waals surface area contributed by atoms with E-state index in [9.17, 15) is 13.2 Å². The van der Waals surface area contributed by atoms with Gasteiger partial charge in [-0.05, 0) is 66.4 Å². The topological polar surface area (TPSA) is 78.8 Å². The van der Waals surface area contributed by atoms with Crippen LogP contribution >= 0.6 is 0 Å². The van der Waals surface area contributed by atoms with Crippen molar-refractivity contribution in [3.63, 3.8) is 0 Å². The fourth-order valence-electron chi connectivity index (χ4n) is 5.04. The highest BCUT2D eigenvalue weighted by atomic mass is 32.2. The number of rotatable bonds is 7. The zero-order valence-corrected chi connectivity index (χ0v) is 23.3. The van der Waals surface area contributed by atoms with Crippen LogP contribution in [-0.2, 0) is 28.3 Å². The quantitative estimate of drug-likeness (QED) is 0.299. The van der Waals surface area contributed by atoms with Crippen molar-refractivity contribution in [3.8, 4) is 0 Å². The fraction of sp³-hybridized carbons (Fsp3) is 0.281. The van der Waals surface area contributed by atoms with Gasteiger partial charge in [0.1, 0.15) is 6.04 Å². The van der Waals surface area contributed by atoms with Crippen LogP contribution in [0.3, 0.4) is 0 Å². The predicted octanol–water partition coefficient (Wildman–Crippen LogP) is 6.28. The molecule has 1 N–H and O–H groups in total. The molecule has 1 aliphatic carbocycles. The van der Waals surface area contributed by atoms with E-state index < -0.39 is 16.5 Å². The van der Waals surface area contributed by atoms with Gasteiger partial charge in [0.15, 0.2) is 0 Å². The van der Waals surface area contributed by atoms with E-state index in [1.165, 1.54) is 21.9 Å². The molecule has 0 heterocycles. The summed E-state index contributed by atoms with van der Waals surface area (Å²) >= 11 is 0. The molecular formula is C32H35N3O3S. The summed E-state index contributed by atoms with van der Waals surface area (Å²) in [5.74, 6) is -0.191. The highest BCUT2D eigenvalue weighted by Crippen LogP contribution is 2.31. The molecule has 2 atom stereocenters. The average molecular weight is 542 g/mol. The lowest BCUT2D eigenvalue weighted by atomic mass is 9.86. The molecule has 0 aliphatic heterocycles. The second-order valence-corrected chi connectivity index (χ2v) is 10.7. The first-order chi connectivity index (χ1) is 18.9. The van der Waals surface area contributed by atoms with E-state index in [1.54, 1.807) is 12.1 Å².